The first kappa shape index (κ1) is 13.9. The van der Waals surface area contributed by atoms with Crippen LogP contribution < -0.4 is 4.74 Å². The number of hydrogen-bond acceptors (Lipinski definition) is 3. The Bertz CT molecular complexity index is 787. The summed E-state index contributed by atoms with van der Waals surface area (Å²) in [5.41, 5.74) is 1.56. The van der Waals surface area contributed by atoms with Crippen LogP contribution in [0.1, 0.15) is 18.6 Å². The van der Waals surface area contributed by atoms with Crippen molar-refractivity contribution in [3.05, 3.63) is 65.3 Å². The van der Waals surface area contributed by atoms with Gasteiger partial charge in [-0.25, -0.2) is 0 Å². The SMILES string of the molecule is CC(O)c1ccc(Oc2ccc3cccnc3c2)cc1Cl. The predicted molar refractivity (Wildman–Crippen MR) is 83.9 cm³/mol. The van der Waals surface area contributed by atoms with Gasteiger partial charge in [0, 0.05) is 17.6 Å². The van der Waals surface area contributed by atoms with Crippen molar-refractivity contribution in [2.24, 2.45) is 0 Å². The van der Waals surface area contributed by atoms with Gasteiger partial charge in [0.2, 0.25) is 0 Å². The van der Waals surface area contributed by atoms with E-state index < -0.39 is 6.10 Å². The normalized spacial score (nSPS) is 12.3. The van der Waals surface area contributed by atoms with E-state index in [4.69, 9.17) is 16.3 Å². The average molecular weight is 300 g/mol. The molecule has 0 spiro atoms. The van der Waals surface area contributed by atoms with Crippen molar-refractivity contribution in [2.45, 2.75) is 13.0 Å². The minimum Gasteiger partial charge on any atom is -0.457 e. The maximum atomic E-state index is 9.57. The Morgan fingerprint density at radius 3 is 2.62 bits per heavy atom. The zero-order valence-corrected chi connectivity index (χ0v) is 12.2. The summed E-state index contributed by atoms with van der Waals surface area (Å²) in [6.45, 7) is 1.68. The van der Waals surface area contributed by atoms with Gasteiger partial charge in [-0.2, -0.15) is 0 Å². The topological polar surface area (TPSA) is 42.4 Å². The van der Waals surface area contributed by atoms with Crippen LogP contribution >= 0.6 is 11.6 Å². The number of aliphatic hydroxyl groups excluding tert-OH is 1. The minimum absolute atomic E-state index is 0.487. The molecule has 1 heterocycles. The molecule has 2 aromatic carbocycles. The lowest BCUT2D eigenvalue weighted by atomic mass is 10.1. The van der Waals surface area contributed by atoms with Crippen LogP contribution in [0.5, 0.6) is 11.5 Å². The predicted octanol–water partition coefficient (Wildman–Crippen LogP) is 4.73. The van der Waals surface area contributed by atoms with Crippen molar-refractivity contribution < 1.29 is 9.84 Å². The molecule has 0 radical (unpaired) electrons. The molecule has 3 aromatic rings. The third-order valence-corrected chi connectivity index (χ3v) is 3.56. The summed E-state index contributed by atoms with van der Waals surface area (Å²) in [6, 6.07) is 14.9. The standard InChI is InChI=1S/C17H14ClNO2/c1-11(20)15-7-6-13(9-16(15)18)21-14-5-4-12-3-2-8-19-17(12)10-14/h2-11,20H,1H3. The highest BCUT2D eigenvalue weighted by atomic mass is 35.5. The number of fused-ring (bicyclic) bond motifs is 1. The summed E-state index contributed by atoms with van der Waals surface area (Å²) in [7, 11) is 0. The van der Waals surface area contributed by atoms with Gasteiger partial charge in [0.1, 0.15) is 11.5 Å². The van der Waals surface area contributed by atoms with Crippen molar-refractivity contribution in [2.75, 3.05) is 0 Å². The molecule has 0 aliphatic heterocycles. The first-order valence-corrected chi connectivity index (χ1v) is 7.01. The molecule has 0 saturated heterocycles. The van der Waals surface area contributed by atoms with Crippen LogP contribution in [0, 0.1) is 0 Å². The zero-order valence-electron chi connectivity index (χ0n) is 11.5. The van der Waals surface area contributed by atoms with Crippen molar-refractivity contribution in [1.29, 1.82) is 0 Å². The lowest BCUT2D eigenvalue weighted by Crippen LogP contribution is -1.93. The van der Waals surface area contributed by atoms with Crippen molar-refractivity contribution in [3.8, 4) is 11.5 Å². The van der Waals surface area contributed by atoms with E-state index in [1.807, 2.05) is 30.3 Å². The molecular weight excluding hydrogens is 286 g/mol. The highest BCUT2D eigenvalue weighted by Gasteiger charge is 2.08. The van der Waals surface area contributed by atoms with Crippen LogP contribution in [0.25, 0.3) is 10.9 Å². The van der Waals surface area contributed by atoms with Gasteiger partial charge in [-0.3, -0.25) is 4.98 Å². The molecule has 3 rings (SSSR count). The quantitative estimate of drug-likeness (QED) is 0.760. The van der Waals surface area contributed by atoms with Crippen LogP contribution in [0.3, 0.4) is 0 Å². The fourth-order valence-electron chi connectivity index (χ4n) is 2.16. The lowest BCUT2D eigenvalue weighted by Gasteiger charge is -2.11. The molecule has 106 valence electrons. The smallest absolute Gasteiger partial charge is 0.129 e. The van der Waals surface area contributed by atoms with E-state index in [1.165, 1.54) is 0 Å². The second-order valence-corrected chi connectivity index (χ2v) is 5.23. The van der Waals surface area contributed by atoms with Gasteiger partial charge in [-0.1, -0.05) is 23.7 Å². The van der Waals surface area contributed by atoms with Crippen molar-refractivity contribution >= 4 is 22.5 Å². The Kier molecular flexibility index (Phi) is 3.78. The lowest BCUT2D eigenvalue weighted by molar-refractivity contribution is 0.199. The first-order chi connectivity index (χ1) is 10.1. The summed E-state index contributed by atoms with van der Waals surface area (Å²) in [4.78, 5) is 4.30. The van der Waals surface area contributed by atoms with Gasteiger partial charge in [0.05, 0.1) is 16.6 Å². The molecule has 0 amide bonds. The number of aromatic nitrogens is 1. The number of rotatable bonds is 3. The molecule has 3 nitrogen and oxygen atoms in total. The van der Waals surface area contributed by atoms with Gasteiger partial charge >= 0.3 is 0 Å². The molecule has 1 atom stereocenters. The van der Waals surface area contributed by atoms with Gasteiger partial charge < -0.3 is 9.84 Å². The molecule has 0 aliphatic carbocycles. The average Bonchev–Trinajstić information content (AvgIpc) is 2.47. The summed E-state index contributed by atoms with van der Waals surface area (Å²) >= 11 is 6.13. The largest absolute Gasteiger partial charge is 0.457 e. The monoisotopic (exact) mass is 299 g/mol. The highest BCUT2D eigenvalue weighted by molar-refractivity contribution is 6.31. The number of halogens is 1. The summed E-state index contributed by atoms with van der Waals surface area (Å²) in [5.74, 6) is 1.32. The van der Waals surface area contributed by atoms with Gasteiger partial charge in [-0.05, 0) is 42.8 Å². The number of nitrogens with zero attached hydrogens (tertiary/aromatic N) is 1. The molecule has 21 heavy (non-hydrogen) atoms. The minimum atomic E-state index is -0.601. The van der Waals surface area contributed by atoms with Crippen molar-refractivity contribution in [1.82, 2.24) is 4.98 Å². The summed E-state index contributed by atoms with van der Waals surface area (Å²) < 4.78 is 5.80. The van der Waals surface area contributed by atoms with E-state index in [2.05, 4.69) is 4.98 Å². The number of benzene rings is 2. The number of pyridine rings is 1. The molecule has 0 saturated carbocycles. The van der Waals surface area contributed by atoms with Gasteiger partial charge in [-0.15, -0.1) is 0 Å². The Morgan fingerprint density at radius 1 is 1.10 bits per heavy atom. The van der Waals surface area contributed by atoms with Gasteiger partial charge in [0.25, 0.3) is 0 Å². The summed E-state index contributed by atoms with van der Waals surface area (Å²) in [6.07, 6.45) is 1.15. The molecule has 0 aliphatic rings. The maximum absolute atomic E-state index is 9.57. The molecule has 1 N–H and O–H groups in total. The summed E-state index contributed by atoms with van der Waals surface area (Å²) in [5, 5.41) is 11.1. The number of hydrogen-bond donors (Lipinski definition) is 1. The fraction of sp³-hybridized carbons (Fsp3) is 0.118. The fourth-order valence-corrected chi connectivity index (χ4v) is 2.48. The third-order valence-electron chi connectivity index (χ3n) is 3.24. The molecule has 4 heteroatoms. The molecule has 0 fully saturated rings. The Morgan fingerprint density at radius 2 is 1.86 bits per heavy atom. The Balaban J connectivity index is 1.89. The van der Waals surface area contributed by atoms with E-state index in [-0.39, 0.29) is 0 Å². The highest BCUT2D eigenvalue weighted by Crippen LogP contribution is 2.30. The molecular formula is C17H14ClNO2. The molecule has 1 aromatic heterocycles. The van der Waals surface area contributed by atoms with Crippen LogP contribution in [0.4, 0.5) is 0 Å². The van der Waals surface area contributed by atoms with E-state index in [0.29, 0.717) is 22.1 Å². The maximum Gasteiger partial charge on any atom is 0.129 e. The van der Waals surface area contributed by atoms with Crippen LogP contribution in [-0.4, -0.2) is 10.1 Å². The Hall–Kier alpha value is -2.10. The van der Waals surface area contributed by atoms with Gasteiger partial charge in [0.15, 0.2) is 0 Å². The number of aliphatic hydroxyl groups is 1. The first-order valence-electron chi connectivity index (χ1n) is 6.63. The van der Waals surface area contributed by atoms with E-state index in [0.717, 1.165) is 10.9 Å². The van der Waals surface area contributed by atoms with E-state index in [9.17, 15) is 5.11 Å². The van der Waals surface area contributed by atoms with E-state index in [1.54, 1.807) is 31.3 Å². The molecule has 1 unspecified atom stereocenters. The van der Waals surface area contributed by atoms with Crippen LogP contribution in [0.15, 0.2) is 54.7 Å². The second kappa shape index (κ2) is 5.72. The third kappa shape index (κ3) is 2.99. The van der Waals surface area contributed by atoms with Crippen LogP contribution in [0.2, 0.25) is 5.02 Å². The van der Waals surface area contributed by atoms with Crippen molar-refractivity contribution in [3.63, 3.8) is 0 Å². The zero-order chi connectivity index (χ0) is 14.8. The second-order valence-electron chi connectivity index (χ2n) is 4.82. The van der Waals surface area contributed by atoms with Crippen LogP contribution in [-0.2, 0) is 0 Å². The molecule has 0 bridgehead atoms. The Labute approximate surface area is 127 Å². The number of ether oxygens (including phenoxy) is 1. The van der Waals surface area contributed by atoms with E-state index >= 15 is 0 Å².